The topological polar surface area (TPSA) is 69.0 Å². The van der Waals surface area contributed by atoms with Gasteiger partial charge in [0.15, 0.2) is 0 Å². The Bertz CT molecular complexity index is 468. The summed E-state index contributed by atoms with van der Waals surface area (Å²) in [6.45, 7) is 4.07. The maximum absolute atomic E-state index is 9.57. The summed E-state index contributed by atoms with van der Waals surface area (Å²) in [6, 6.07) is 3.67. The lowest BCUT2D eigenvalue weighted by Crippen LogP contribution is -1.84. The number of hydrogen-bond donors (Lipinski definition) is 1. The van der Waals surface area contributed by atoms with Crippen molar-refractivity contribution in [3.63, 3.8) is 0 Å². The first kappa shape index (κ1) is 12.0. The third-order valence-electron chi connectivity index (χ3n) is 2.12. The molecule has 82 valence electrons. The van der Waals surface area contributed by atoms with Crippen LogP contribution in [-0.2, 0) is 0 Å². The van der Waals surface area contributed by atoms with Crippen LogP contribution in [-0.4, -0.2) is 11.7 Å². The van der Waals surface area contributed by atoms with Crippen LogP contribution in [0, 0.1) is 25.7 Å². The highest BCUT2D eigenvalue weighted by Gasteiger charge is 2.00. The molecule has 1 aromatic rings. The van der Waals surface area contributed by atoms with Crippen LogP contribution in [0.25, 0.3) is 10.4 Å². The van der Waals surface area contributed by atoms with Gasteiger partial charge >= 0.3 is 0 Å². The molecule has 0 aliphatic heterocycles. The molecule has 0 radical (unpaired) electrons. The predicted octanol–water partition coefficient (Wildman–Crippen LogP) is 3.06. The molecule has 0 spiro atoms. The maximum atomic E-state index is 9.57. The predicted molar refractivity (Wildman–Crippen MR) is 63.1 cm³/mol. The van der Waals surface area contributed by atoms with Crippen LogP contribution in [0.3, 0.4) is 0 Å². The van der Waals surface area contributed by atoms with Gasteiger partial charge in [-0.2, -0.15) is 0 Å². The molecule has 0 saturated carbocycles. The van der Waals surface area contributed by atoms with Crippen molar-refractivity contribution in [3.05, 3.63) is 39.3 Å². The number of benzene rings is 1. The maximum Gasteiger partial charge on any atom is 0.121 e. The highest BCUT2D eigenvalue weighted by molar-refractivity contribution is 5.47. The molecule has 4 heteroatoms. The second-order valence-electron chi connectivity index (χ2n) is 3.46. The lowest BCUT2D eigenvalue weighted by Gasteiger charge is -2.03. The van der Waals surface area contributed by atoms with Gasteiger partial charge in [-0.3, -0.25) is 0 Å². The SMILES string of the molecule is Cc1cc(C#CCCN=[N+]=[N-])cc(C)c1O. The fourth-order valence-corrected chi connectivity index (χ4v) is 1.34. The van der Waals surface area contributed by atoms with Crippen LogP contribution in [0.1, 0.15) is 23.1 Å². The van der Waals surface area contributed by atoms with Gasteiger partial charge in [0, 0.05) is 23.4 Å². The van der Waals surface area contributed by atoms with Crippen LogP contribution in [0.5, 0.6) is 5.75 Å². The summed E-state index contributed by atoms with van der Waals surface area (Å²) in [5, 5.41) is 13.0. The molecule has 0 aliphatic rings. The van der Waals surface area contributed by atoms with Gasteiger partial charge in [0.1, 0.15) is 5.75 Å². The zero-order valence-corrected chi connectivity index (χ0v) is 9.36. The van der Waals surface area contributed by atoms with E-state index in [4.69, 9.17) is 5.53 Å². The lowest BCUT2D eigenvalue weighted by molar-refractivity contribution is 0.467. The van der Waals surface area contributed by atoms with Crippen molar-refractivity contribution in [1.82, 2.24) is 0 Å². The molecule has 16 heavy (non-hydrogen) atoms. The summed E-state index contributed by atoms with van der Waals surface area (Å²) in [4.78, 5) is 2.64. The minimum atomic E-state index is 0.319. The van der Waals surface area contributed by atoms with Crippen LogP contribution < -0.4 is 0 Å². The van der Waals surface area contributed by atoms with Crippen LogP contribution >= 0.6 is 0 Å². The van der Waals surface area contributed by atoms with Crippen LogP contribution in [0.2, 0.25) is 0 Å². The number of aromatic hydroxyl groups is 1. The Morgan fingerprint density at radius 1 is 1.38 bits per heavy atom. The lowest BCUT2D eigenvalue weighted by atomic mass is 10.1. The second kappa shape index (κ2) is 5.69. The molecule has 0 bridgehead atoms. The van der Waals surface area contributed by atoms with Gasteiger partial charge in [-0.25, -0.2) is 0 Å². The normalized spacial score (nSPS) is 8.88. The summed E-state index contributed by atoms with van der Waals surface area (Å²) in [7, 11) is 0. The first-order chi connectivity index (χ1) is 7.65. The minimum Gasteiger partial charge on any atom is -0.507 e. The van der Waals surface area contributed by atoms with Gasteiger partial charge in [-0.05, 0) is 42.6 Å². The van der Waals surface area contributed by atoms with E-state index >= 15 is 0 Å². The standard InChI is InChI=1S/C12H13N3O/c1-9-7-11(8-10(2)12(9)16)5-3-4-6-14-15-13/h7-8,16H,4,6H2,1-2H3. The van der Waals surface area contributed by atoms with E-state index in [1.165, 1.54) is 0 Å². The first-order valence-corrected chi connectivity index (χ1v) is 4.95. The third-order valence-corrected chi connectivity index (χ3v) is 2.12. The molecule has 0 saturated heterocycles. The Kier molecular flexibility index (Phi) is 4.26. The molecule has 0 fully saturated rings. The number of phenolic OH excluding ortho intramolecular Hbond substituents is 1. The van der Waals surface area contributed by atoms with E-state index in [-0.39, 0.29) is 0 Å². The van der Waals surface area contributed by atoms with E-state index in [2.05, 4.69) is 21.9 Å². The molecular formula is C12H13N3O. The highest BCUT2D eigenvalue weighted by atomic mass is 16.3. The molecule has 0 unspecified atom stereocenters. The van der Waals surface area contributed by atoms with E-state index in [1.54, 1.807) is 0 Å². The molecule has 0 heterocycles. The van der Waals surface area contributed by atoms with Crippen molar-refractivity contribution < 1.29 is 5.11 Å². The van der Waals surface area contributed by atoms with E-state index in [0.717, 1.165) is 16.7 Å². The van der Waals surface area contributed by atoms with Crippen LogP contribution in [0.15, 0.2) is 17.2 Å². The minimum absolute atomic E-state index is 0.319. The summed E-state index contributed by atoms with van der Waals surface area (Å²) < 4.78 is 0. The van der Waals surface area contributed by atoms with Crippen molar-refractivity contribution in [2.24, 2.45) is 5.11 Å². The average molecular weight is 215 g/mol. The summed E-state index contributed by atoms with van der Waals surface area (Å²) in [5.74, 6) is 6.20. The number of phenols is 1. The molecule has 0 atom stereocenters. The number of azide groups is 1. The summed E-state index contributed by atoms with van der Waals surface area (Å²) in [5.41, 5.74) is 10.6. The summed E-state index contributed by atoms with van der Waals surface area (Å²) in [6.07, 6.45) is 0.545. The van der Waals surface area contributed by atoms with Gasteiger partial charge < -0.3 is 5.11 Å². The van der Waals surface area contributed by atoms with Crippen molar-refractivity contribution in [2.75, 3.05) is 6.54 Å². The second-order valence-corrected chi connectivity index (χ2v) is 3.46. The van der Waals surface area contributed by atoms with Crippen molar-refractivity contribution in [1.29, 1.82) is 0 Å². The quantitative estimate of drug-likeness (QED) is 0.266. The molecule has 0 aromatic heterocycles. The molecule has 1 N–H and O–H groups in total. The molecule has 0 amide bonds. The van der Waals surface area contributed by atoms with E-state index in [0.29, 0.717) is 18.7 Å². The van der Waals surface area contributed by atoms with Crippen molar-refractivity contribution in [2.45, 2.75) is 20.3 Å². The van der Waals surface area contributed by atoms with Crippen molar-refractivity contribution in [3.8, 4) is 17.6 Å². The highest BCUT2D eigenvalue weighted by Crippen LogP contribution is 2.22. The molecule has 4 nitrogen and oxygen atoms in total. The third kappa shape index (κ3) is 3.23. The zero-order valence-electron chi connectivity index (χ0n) is 9.36. The van der Waals surface area contributed by atoms with E-state index in [9.17, 15) is 5.11 Å². The number of hydrogen-bond acceptors (Lipinski definition) is 2. The van der Waals surface area contributed by atoms with Gasteiger partial charge in [0.2, 0.25) is 0 Å². The Morgan fingerprint density at radius 3 is 2.56 bits per heavy atom. The fraction of sp³-hybridized carbons (Fsp3) is 0.333. The Labute approximate surface area is 94.5 Å². The molecular weight excluding hydrogens is 202 g/mol. The first-order valence-electron chi connectivity index (χ1n) is 4.95. The number of nitrogens with zero attached hydrogens (tertiary/aromatic N) is 3. The zero-order chi connectivity index (χ0) is 12.0. The van der Waals surface area contributed by atoms with E-state index in [1.807, 2.05) is 26.0 Å². The van der Waals surface area contributed by atoms with Gasteiger partial charge in [-0.15, -0.1) is 0 Å². The van der Waals surface area contributed by atoms with Gasteiger partial charge in [-0.1, -0.05) is 17.0 Å². The Morgan fingerprint density at radius 2 is 2.00 bits per heavy atom. The molecule has 0 aliphatic carbocycles. The number of aryl methyl sites for hydroxylation is 2. The van der Waals surface area contributed by atoms with E-state index < -0.39 is 0 Å². The Balaban J connectivity index is 2.78. The fourth-order valence-electron chi connectivity index (χ4n) is 1.34. The van der Waals surface area contributed by atoms with Crippen molar-refractivity contribution >= 4 is 0 Å². The molecule has 1 rings (SSSR count). The average Bonchev–Trinajstić information content (AvgIpc) is 2.25. The molecule has 1 aromatic carbocycles. The summed E-state index contributed by atoms with van der Waals surface area (Å²) >= 11 is 0. The Hall–Kier alpha value is -2.11. The smallest absolute Gasteiger partial charge is 0.121 e. The van der Waals surface area contributed by atoms with Gasteiger partial charge in [0.05, 0.1) is 0 Å². The number of rotatable bonds is 2. The monoisotopic (exact) mass is 215 g/mol. The largest absolute Gasteiger partial charge is 0.507 e. The van der Waals surface area contributed by atoms with Crippen LogP contribution in [0.4, 0.5) is 0 Å². The van der Waals surface area contributed by atoms with Gasteiger partial charge in [0.25, 0.3) is 0 Å².